The molecule has 1 aliphatic rings. The Morgan fingerprint density at radius 1 is 1.22 bits per heavy atom. The maximum atomic E-state index is 11.1. The number of hydrogen-bond acceptors (Lipinski definition) is 6. The number of rotatable bonds is 9. The first-order chi connectivity index (χ1) is 13.2. The van der Waals surface area contributed by atoms with E-state index in [0.29, 0.717) is 19.8 Å². The van der Waals surface area contributed by atoms with Gasteiger partial charge in [0.2, 0.25) is 0 Å². The number of anilines is 1. The van der Waals surface area contributed by atoms with Crippen LogP contribution in [0.4, 0.5) is 5.69 Å². The van der Waals surface area contributed by atoms with Crippen LogP contribution in [0, 0.1) is 0 Å². The summed E-state index contributed by atoms with van der Waals surface area (Å²) in [4.78, 5) is 13.3. The van der Waals surface area contributed by atoms with E-state index in [-0.39, 0.29) is 6.42 Å². The van der Waals surface area contributed by atoms with Crippen molar-refractivity contribution in [3.05, 3.63) is 54.1 Å². The number of para-hydroxylation sites is 2. The molecular formula is C21H24NO5-. The smallest absolute Gasteiger partial charge is 0.142 e. The number of nitrogens with zero attached hydrogens (tertiary/aromatic N) is 1. The minimum absolute atomic E-state index is 0.279. The SMILES string of the molecule is CCOC(Cc1ccc(OCCN2CCOc3ccccc32)cc1)C(=O)[O-]. The number of ether oxygens (including phenoxy) is 3. The molecule has 6 heteroatoms. The van der Waals surface area contributed by atoms with Crippen molar-refractivity contribution in [2.24, 2.45) is 0 Å². The van der Waals surface area contributed by atoms with Gasteiger partial charge < -0.3 is 29.0 Å². The second-order valence-electron chi connectivity index (χ2n) is 6.26. The Morgan fingerprint density at radius 3 is 2.74 bits per heavy atom. The Morgan fingerprint density at radius 2 is 2.00 bits per heavy atom. The van der Waals surface area contributed by atoms with Gasteiger partial charge in [-0.2, -0.15) is 0 Å². The highest BCUT2D eigenvalue weighted by atomic mass is 16.5. The molecule has 0 N–H and O–H groups in total. The molecule has 0 amide bonds. The molecule has 0 spiro atoms. The average Bonchev–Trinajstić information content (AvgIpc) is 2.69. The van der Waals surface area contributed by atoms with Crippen LogP contribution in [0.25, 0.3) is 0 Å². The molecule has 1 heterocycles. The Bertz CT molecular complexity index is 746. The third-order valence-corrected chi connectivity index (χ3v) is 4.43. The fourth-order valence-corrected chi connectivity index (χ4v) is 3.08. The molecule has 3 rings (SSSR count). The van der Waals surface area contributed by atoms with Crippen molar-refractivity contribution in [1.82, 2.24) is 0 Å². The largest absolute Gasteiger partial charge is 0.547 e. The monoisotopic (exact) mass is 370 g/mol. The number of benzene rings is 2. The molecule has 144 valence electrons. The first kappa shape index (κ1) is 19.0. The van der Waals surface area contributed by atoms with Gasteiger partial charge in [-0.1, -0.05) is 24.3 Å². The standard InChI is InChI=1S/C21H25NO5/c1-2-25-20(21(23)24)15-16-7-9-17(10-8-16)26-13-11-22-12-14-27-19-6-4-3-5-18(19)22/h3-10,20H,2,11-15H2,1H3,(H,23,24)/p-1. The molecule has 0 aromatic heterocycles. The summed E-state index contributed by atoms with van der Waals surface area (Å²) in [6.07, 6.45) is -0.649. The van der Waals surface area contributed by atoms with Gasteiger partial charge in [0.05, 0.1) is 24.7 Å². The van der Waals surface area contributed by atoms with Crippen LogP contribution in [0.3, 0.4) is 0 Å². The van der Waals surface area contributed by atoms with Crippen molar-refractivity contribution in [1.29, 1.82) is 0 Å². The summed E-state index contributed by atoms with van der Waals surface area (Å²) in [6.45, 7) is 4.92. The first-order valence-corrected chi connectivity index (χ1v) is 9.18. The van der Waals surface area contributed by atoms with Crippen molar-refractivity contribution < 1.29 is 24.1 Å². The summed E-state index contributed by atoms with van der Waals surface area (Å²) >= 11 is 0. The van der Waals surface area contributed by atoms with E-state index in [0.717, 1.165) is 35.8 Å². The second-order valence-corrected chi connectivity index (χ2v) is 6.26. The number of carbonyl (C=O) groups excluding carboxylic acids is 1. The lowest BCUT2D eigenvalue weighted by Gasteiger charge is -2.31. The van der Waals surface area contributed by atoms with E-state index in [1.807, 2.05) is 42.5 Å². The van der Waals surface area contributed by atoms with E-state index in [9.17, 15) is 9.90 Å². The number of carbonyl (C=O) groups is 1. The highest BCUT2D eigenvalue weighted by molar-refractivity contribution is 5.70. The van der Waals surface area contributed by atoms with Crippen molar-refractivity contribution in [3.63, 3.8) is 0 Å². The molecule has 2 aromatic carbocycles. The topological polar surface area (TPSA) is 71.1 Å². The zero-order chi connectivity index (χ0) is 19.1. The third kappa shape index (κ3) is 5.14. The van der Waals surface area contributed by atoms with Gasteiger partial charge in [0.15, 0.2) is 0 Å². The van der Waals surface area contributed by atoms with Crippen molar-refractivity contribution in [3.8, 4) is 11.5 Å². The zero-order valence-electron chi connectivity index (χ0n) is 15.4. The highest BCUT2D eigenvalue weighted by Gasteiger charge is 2.17. The first-order valence-electron chi connectivity index (χ1n) is 9.18. The summed E-state index contributed by atoms with van der Waals surface area (Å²) in [7, 11) is 0. The van der Waals surface area contributed by atoms with Crippen LogP contribution in [-0.2, 0) is 16.0 Å². The molecule has 6 nitrogen and oxygen atoms in total. The van der Waals surface area contributed by atoms with Crippen LogP contribution in [0.15, 0.2) is 48.5 Å². The second kappa shape index (κ2) is 9.28. The molecule has 0 fully saturated rings. The number of fused-ring (bicyclic) bond motifs is 1. The minimum Gasteiger partial charge on any atom is -0.547 e. The van der Waals surface area contributed by atoms with Crippen LogP contribution < -0.4 is 19.5 Å². The zero-order valence-corrected chi connectivity index (χ0v) is 15.4. The Balaban J connectivity index is 1.50. The fraction of sp³-hybridized carbons (Fsp3) is 0.381. The molecule has 0 saturated carbocycles. The van der Waals surface area contributed by atoms with Gasteiger partial charge in [-0.15, -0.1) is 0 Å². The molecule has 1 atom stereocenters. The van der Waals surface area contributed by atoms with E-state index in [1.54, 1.807) is 6.92 Å². The normalized spacial score (nSPS) is 14.2. The molecule has 1 unspecified atom stereocenters. The van der Waals surface area contributed by atoms with Gasteiger partial charge in [0, 0.05) is 13.0 Å². The van der Waals surface area contributed by atoms with E-state index >= 15 is 0 Å². The molecule has 0 aliphatic carbocycles. The Hall–Kier alpha value is -2.73. The summed E-state index contributed by atoms with van der Waals surface area (Å²) in [6, 6.07) is 15.4. The minimum atomic E-state index is -1.19. The Kier molecular flexibility index (Phi) is 6.54. The quantitative estimate of drug-likeness (QED) is 0.669. The maximum absolute atomic E-state index is 11.1. The van der Waals surface area contributed by atoms with E-state index in [4.69, 9.17) is 14.2 Å². The average molecular weight is 370 g/mol. The van der Waals surface area contributed by atoms with Gasteiger partial charge in [0.25, 0.3) is 0 Å². The molecule has 0 saturated heterocycles. The molecule has 0 radical (unpaired) electrons. The van der Waals surface area contributed by atoms with Crippen LogP contribution in [-0.4, -0.2) is 45.0 Å². The molecular weight excluding hydrogens is 346 g/mol. The van der Waals surface area contributed by atoms with Crippen LogP contribution in [0.1, 0.15) is 12.5 Å². The summed E-state index contributed by atoms with van der Waals surface area (Å²) in [5, 5.41) is 11.1. The van der Waals surface area contributed by atoms with Gasteiger partial charge in [-0.05, 0) is 36.8 Å². The van der Waals surface area contributed by atoms with Gasteiger partial charge in [-0.3, -0.25) is 0 Å². The summed E-state index contributed by atoms with van der Waals surface area (Å²) in [5.41, 5.74) is 1.96. The lowest BCUT2D eigenvalue weighted by atomic mass is 10.1. The van der Waals surface area contributed by atoms with Gasteiger partial charge >= 0.3 is 0 Å². The highest BCUT2D eigenvalue weighted by Crippen LogP contribution is 2.30. The van der Waals surface area contributed by atoms with Crippen LogP contribution in [0.2, 0.25) is 0 Å². The molecule has 2 aromatic rings. The molecule has 0 bridgehead atoms. The number of aliphatic carboxylic acids is 1. The lowest BCUT2D eigenvalue weighted by molar-refractivity contribution is -0.316. The fourth-order valence-electron chi connectivity index (χ4n) is 3.08. The van der Waals surface area contributed by atoms with E-state index in [2.05, 4.69) is 11.0 Å². The van der Waals surface area contributed by atoms with Crippen LogP contribution in [0.5, 0.6) is 11.5 Å². The number of carboxylic acid groups (broad SMARTS) is 1. The van der Waals surface area contributed by atoms with Crippen molar-refractivity contribution >= 4 is 11.7 Å². The molecule has 1 aliphatic heterocycles. The van der Waals surface area contributed by atoms with Gasteiger partial charge in [-0.25, -0.2) is 0 Å². The Labute approximate surface area is 159 Å². The third-order valence-electron chi connectivity index (χ3n) is 4.43. The van der Waals surface area contributed by atoms with E-state index in [1.165, 1.54) is 0 Å². The van der Waals surface area contributed by atoms with Crippen LogP contribution >= 0.6 is 0 Å². The summed E-state index contributed by atoms with van der Waals surface area (Å²) in [5.74, 6) is 0.467. The van der Waals surface area contributed by atoms with E-state index < -0.39 is 12.1 Å². The predicted molar refractivity (Wildman–Crippen MR) is 100 cm³/mol. The lowest BCUT2D eigenvalue weighted by Crippen LogP contribution is -2.39. The molecule has 27 heavy (non-hydrogen) atoms. The predicted octanol–water partition coefficient (Wildman–Crippen LogP) is 1.66. The number of carboxylic acids is 1. The van der Waals surface area contributed by atoms with Crippen molar-refractivity contribution in [2.75, 3.05) is 37.8 Å². The van der Waals surface area contributed by atoms with Crippen molar-refractivity contribution in [2.45, 2.75) is 19.4 Å². The number of hydrogen-bond donors (Lipinski definition) is 0. The summed E-state index contributed by atoms with van der Waals surface area (Å²) < 4.78 is 16.7. The maximum Gasteiger partial charge on any atom is 0.142 e. The van der Waals surface area contributed by atoms with Gasteiger partial charge in [0.1, 0.15) is 30.8 Å².